The maximum atomic E-state index is 10.7. The van der Waals surface area contributed by atoms with Crippen LogP contribution in [0.1, 0.15) is 37.3 Å². The van der Waals surface area contributed by atoms with Gasteiger partial charge in [-0.3, -0.25) is 4.90 Å². The largest absolute Gasteiger partial charge is 0.303 e. The number of hydrogen-bond acceptors (Lipinski definition) is 2. The Morgan fingerprint density at radius 3 is 1.82 bits per heavy atom. The maximum Gasteiger partial charge on any atom is 0.120 e. The van der Waals surface area contributed by atoms with E-state index in [0.29, 0.717) is 12.5 Å². The molecular weight excluding hydrogens is 270 g/mol. The molecule has 0 heterocycles. The molecule has 0 saturated carbocycles. The van der Waals surface area contributed by atoms with Crippen molar-refractivity contribution in [2.45, 2.75) is 45.3 Å². The first-order valence-corrected chi connectivity index (χ1v) is 8.09. The van der Waals surface area contributed by atoms with Crippen LogP contribution in [0.25, 0.3) is 0 Å². The van der Waals surface area contributed by atoms with E-state index in [2.05, 4.69) is 72.5 Å². The smallest absolute Gasteiger partial charge is 0.120 e. The van der Waals surface area contributed by atoms with E-state index in [1.807, 2.05) is 0 Å². The van der Waals surface area contributed by atoms with Gasteiger partial charge < -0.3 is 4.79 Å². The topological polar surface area (TPSA) is 20.3 Å². The van der Waals surface area contributed by atoms with Gasteiger partial charge in [-0.05, 0) is 24.0 Å². The zero-order valence-electron chi connectivity index (χ0n) is 13.3. The summed E-state index contributed by atoms with van der Waals surface area (Å²) in [5.41, 5.74) is 2.64. The van der Waals surface area contributed by atoms with Crippen LogP contribution in [0, 0.1) is 0 Å². The third kappa shape index (κ3) is 5.12. The third-order valence-electron chi connectivity index (χ3n) is 4.06. The molecule has 0 unspecified atom stereocenters. The van der Waals surface area contributed by atoms with Crippen LogP contribution in [0.3, 0.4) is 0 Å². The zero-order chi connectivity index (χ0) is 15.6. The number of carbonyl (C=O) groups is 1. The summed E-state index contributed by atoms with van der Waals surface area (Å²) in [5, 5.41) is 0. The Balaban J connectivity index is 2.13. The molecule has 22 heavy (non-hydrogen) atoms. The van der Waals surface area contributed by atoms with Crippen molar-refractivity contribution in [1.29, 1.82) is 0 Å². The number of aldehydes is 1. The van der Waals surface area contributed by atoms with E-state index < -0.39 is 0 Å². The number of rotatable bonds is 9. The second-order valence-electron chi connectivity index (χ2n) is 5.68. The monoisotopic (exact) mass is 295 g/mol. The van der Waals surface area contributed by atoms with Gasteiger partial charge in [0.15, 0.2) is 0 Å². The van der Waals surface area contributed by atoms with Gasteiger partial charge >= 0.3 is 0 Å². The molecule has 2 heteroatoms. The van der Waals surface area contributed by atoms with Crippen LogP contribution < -0.4 is 0 Å². The minimum atomic E-state index is 0.436. The predicted octanol–water partition coefficient (Wildman–Crippen LogP) is 4.45. The summed E-state index contributed by atoms with van der Waals surface area (Å²) in [6.07, 6.45) is 3.66. The number of hydrogen-bond donors (Lipinski definition) is 0. The number of carbonyl (C=O) groups excluding carboxylic acids is 1. The summed E-state index contributed by atoms with van der Waals surface area (Å²) in [7, 11) is 0. The molecule has 0 aliphatic heterocycles. The molecule has 0 amide bonds. The fraction of sp³-hybridized carbons (Fsp3) is 0.350. The first kappa shape index (κ1) is 16.4. The Hall–Kier alpha value is -1.93. The molecule has 0 saturated heterocycles. The van der Waals surface area contributed by atoms with Crippen molar-refractivity contribution < 1.29 is 4.79 Å². The SMILES string of the molecule is CC[C@@H](CCC=O)N(Cc1ccccc1)Cc1ccccc1. The van der Waals surface area contributed by atoms with Gasteiger partial charge in [0.2, 0.25) is 0 Å². The first-order valence-electron chi connectivity index (χ1n) is 8.09. The van der Waals surface area contributed by atoms with Gasteiger partial charge in [0.05, 0.1) is 0 Å². The molecule has 0 fully saturated rings. The fourth-order valence-electron chi connectivity index (χ4n) is 2.86. The molecule has 2 nitrogen and oxygen atoms in total. The highest BCUT2D eigenvalue weighted by molar-refractivity contribution is 5.49. The lowest BCUT2D eigenvalue weighted by atomic mass is 10.0. The molecular formula is C20H25NO. The van der Waals surface area contributed by atoms with E-state index in [1.165, 1.54) is 11.1 Å². The summed E-state index contributed by atoms with van der Waals surface area (Å²) in [5.74, 6) is 0. The van der Waals surface area contributed by atoms with Gasteiger partial charge in [-0.1, -0.05) is 67.6 Å². The van der Waals surface area contributed by atoms with Crippen molar-refractivity contribution in [3.05, 3.63) is 71.8 Å². The van der Waals surface area contributed by atoms with Crippen molar-refractivity contribution >= 4 is 6.29 Å². The fourth-order valence-corrected chi connectivity index (χ4v) is 2.86. The average molecular weight is 295 g/mol. The Kier molecular flexibility index (Phi) is 6.85. The van der Waals surface area contributed by atoms with Crippen LogP contribution >= 0.6 is 0 Å². The molecule has 0 bridgehead atoms. The van der Waals surface area contributed by atoms with Crippen LogP contribution in [0.4, 0.5) is 0 Å². The van der Waals surface area contributed by atoms with Crippen LogP contribution in [-0.4, -0.2) is 17.2 Å². The van der Waals surface area contributed by atoms with Crippen molar-refractivity contribution in [3.63, 3.8) is 0 Å². The summed E-state index contributed by atoms with van der Waals surface area (Å²) in [6.45, 7) is 4.05. The quantitative estimate of drug-likeness (QED) is 0.637. The van der Waals surface area contributed by atoms with E-state index in [0.717, 1.165) is 32.2 Å². The number of benzene rings is 2. The Morgan fingerprint density at radius 2 is 1.41 bits per heavy atom. The highest BCUT2D eigenvalue weighted by Gasteiger charge is 2.17. The standard InChI is InChI=1S/C20H25NO/c1-2-20(14-9-15-22)21(16-18-10-5-3-6-11-18)17-19-12-7-4-8-13-19/h3-8,10-13,15,20H,2,9,14,16-17H2,1H3/t20-/m0/s1. The molecule has 0 spiro atoms. The molecule has 0 aliphatic carbocycles. The molecule has 0 radical (unpaired) electrons. The minimum Gasteiger partial charge on any atom is -0.303 e. The van der Waals surface area contributed by atoms with Gasteiger partial charge in [0.25, 0.3) is 0 Å². The molecule has 2 aromatic carbocycles. The van der Waals surface area contributed by atoms with Crippen molar-refractivity contribution in [1.82, 2.24) is 4.90 Å². The summed E-state index contributed by atoms with van der Waals surface area (Å²) in [4.78, 5) is 13.2. The van der Waals surface area contributed by atoms with Crippen LogP contribution in [0.2, 0.25) is 0 Å². The van der Waals surface area contributed by atoms with Gasteiger partial charge in [-0.25, -0.2) is 0 Å². The predicted molar refractivity (Wildman–Crippen MR) is 91.5 cm³/mol. The van der Waals surface area contributed by atoms with Crippen LogP contribution in [0.5, 0.6) is 0 Å². The van der Waals surface area contributed by atoms with Gasteiger partial charge in [0.1, 0.15) is 6.29 Å². The normalized spacial score (nSPS) is 12.3. The number of nitrogens with zero attached hydrogens (tertiary/aromatic N) is 1. The molecule has 2 aromatic rings. The van der Waals surface area contributed by atoms with Crippen molar-refractivity contribution in [2.24, 2.45) is 0 Å². The molecule has 0 aliphatic rings. The highest BCUT2D eigenvalue weighted by Crippen LogP contribution is 2.18. The van der Waals surface area contributed by atoms with Gasteiger partial charge in [-0.15, -0.1) is 0 Å². The van der Waals surface area contributed by atoms with Crippen LogP contribution in [-0.2, 0) is 17.9 Å². The first-order chi connectivity index (χ1) is 10.8. The highest BCUT2D eigenvalue weighted by atomic mass is 16.1. The lowest BCUT2D eigenvalue weighted by Crippen LogP contribution is -2.34. The summed E-state index contributed by atoms with van der Waals surface area (Å²) in [6, 6.07) is 21.6. The Labute approximate surface area is 133 Å². The molecule has 116 valence electrons. The van der Waals surface area contributed by atoms with Crippen molar-refractivity contribution in [2.75, 3.05) is 0 Å². The molecule has 0 N–H and O–H groups in total. The second-order valence-corrected chi connectivity index (χ2v) is 5.68. The van der Waals surface area contributed by atoms with Crippen molar-refractivity contribution in [3.8, 4) is 0 Å². The lowest BCUT2D eigenvalue weighted by Gasteiger charge is -2.31. The van der Waals surface area contributed by atoms with Crippen LogP contribution in [0.15, 0.2) is 60.7 Å². The molecule has 1 atom stereocenters. The second kappa shape index (κ2) is 9.16. The molecule has 2 rings (SSSR count). The average Bonchev–Trinajstić information content (AvgIpc) is 2.57. The van der Waals surface area contributed by atoms with E-state index >= 15 is 0 Å². The third-order valence-corrected chi connectivity index (χ3v) is 4.06. The van der Waals surface area contributed by atoms with E-state index in [-0.39, 0.29) is 0 Å². The Morgan fingerprint density at radius 1 is 0.909 bits per heavy atom. The van der Waals surface area contributed by atoms with E-state index in [1.54, 1.807) is 0 Å². The maximum absolute atomic E-state index is 10.7. The summed E-state index contributed by atoms with van der Waals surface area (Å²) < 4.78 is 0. The summed E-state index contributed by atoms with van der Waals surface area (Å²) >= 11 is 0. The Bertz CT molecular complexity index is 497. The zero-order valence-corrected chi connectivity index (χ0v) is 13.3. The van der Waals surface area contributed by atoms with Gasteiger partial charge in [0, 0.05) is 25.6 Å². The van der Waals surface area contributed by atoms with E-state index in [9.17, 15) is 4.79 Å². The van der Waals surface area contributed by atoms with Gasteiger partial charge in [-0.2, -0.15) is 0 Å². The lowest BCUT2D eigenvalue weighted by molar-refractivity contribution is -0.108. The minimum absolute atomic E-state index is 0.436. The van der Waals surface area contributed by atoms with E-state index in [4.69, 9.17) is 0 Å². The molecule has 0 aromatic heterocycles.